The van der Waals surface area contributed by atoms with Crippen LogP contribution in [0.3, 0.4) is 0 Å². The van der Waals surface area contributed by atoms with Crippen molar-refractivity contribution < 1.29 is 8.23 Å². The van der Waals surface area contributed by atoms with E-state index in [0.29, 0.717) is 0 Å². The van der Waals surface area contributed by atoms with Crippen molar-refractivity contribution in [1.29, 1.82) is 0 Å². The molecule has 104 valence electrons. The molecule has 0 aromatic rings. The molecule has 5 heteroatoms. The van der Waals surface area contributed by atoms with Crippen LogP contribution < -0.4 is 0 Å². The Balaban J connectivity index is 2.85. The molecule has 0 spiro atoms. The molecule has 2 nitrogen and oxygen atoms in total. The monoisotopic (exact) mass is 292 g/mol. The number of hydrogen-bond donors (Lipinski definition) is 0. The molecule has 0 saturated carbocycles. The minimum absolute atomic E-state index is 0.194. The van der Waals surface area contributed by atoms with E-state index < -0.39 is 10.0 Å². The molecule has 0 atom stereocenters. The Morgan fingerprint density at radius 2 is 1.35 bits per heavy atom. The first-order valence-electron chi connectivity index (χ1n) is 7.48. The smallest absolute Gasteiger partial charge is 0.282 e. The molecule has 0 rings (SSSR count). The summed E-state index contributed by atoms with van der Waals surface area (Å²) in [5, 5.41) is 0. The van der Waals surface area contributed by atoms with Crippen LogP contribution in [0.2, 0.25) is 6.04 Å². The zero-order valence-corrected chi connectivity index (χ0v) is 16.8. The van der Waals surface area contributed by atoms with Gasteiger partial charge in [0.1, 0.15) is 20.2 Å². The van der Waals surface area contributed by atoms with Crippen molar-refractivity contribution in [3.8, 4) is 0 Å². The standard InChI is InChI=1S/C12H32O2Si3/c1-2-3-4-5-6-7-8-9-10-11-12-16-14-17-13-15/h2-12,16-17H2,1,15H3. The Hall–Kier alpha value is 0.571. The van der Waals surface area contributed by atoms with Gasteiger partial charge in [0.05, 0.1) is 0 Å². The lowest BCUT2D eigenvalue weighted by Gasteiger charge is -2.03. The molecule has 17 heavy (non-hydrogen) atoms. The molecule has 0 amide bonds. The third-order valence-corrected chi connectivity index (χ3v) is 6.65. The molecule has 0 saturated heterocycles. The molecule has 0 fully saturated rings. The predicted octanol–water partition coefficient (Wildman–Crippen LogP) is 1.72. The second-order valence-electron chi connectivity index (χ2n) is 4.85. The highest BCUT2D eigenvalue weighted by Crippen LogP contribution is 2.11. The van der Waals surface area contributed by atoms with Crippen molar-refractivity contribution in [3.63, 3.8) is 0 Å². The van der Waals surface area contributed by atoms with Crippen LogP contribution in [-0.4, -0.2) is 30.3 Å². The van der Waals surface area contributed by atoms with Crippen LogP contribution in [0.1, 0.15) is 71.1 Å². The molecule has 0 N–H and O–H groups in total. The lowest BCUT2D eigenvalue weighted by atomic mass is 10.1. The first kappa shape index (κ1) is 17.6. The van der Waals surface area contributed by atoms with Gasteiger partial charge in [-0.1, -0.05) is 71.1 Å². The van der Waals surface area contributed by atoms with Gasteiger partial charge in [-0.2, -0.15) is 0 Å². The summed E-state index contributed by atoms with van der Waals surface area (Å²) in [5.74, 6) is 0. The second-order valence-corrected chi connectivity index (χ2v) is 10.1. The zero-order chi connectivity index (χ0) is 12.6. The maximum Gasteiger partial charge on any atom is 0.282 e. The van der Waals surface area contributed by atoms with Gasteiger partial charge in [-0.05, 0) is 6.04 Å². The van der Waals surface area contributed by atoms with E-state index in [1.165, 1.54) is 70.3 Å². The maximum absolute atomic E-state index is 5.56. The van der Waals surface area contributed by atoms with Gasteiger partial charge in [-0.3, -0.25) is 0 Å². The quantitative estimate of drug-likeness (QED) is 0.358. The van der Waals surface area contributed by atoms with Crippen LogP contribution in [0, 0.1) is 0 Å². The van der Waals surface area contributed by atoms with Crippen molar-refractivity contribution >= 4 is 30.3 Å². The van der Waals surface area contributed by atoms with Gasteiger partial charge in [-0.15, -0.1) is 0 Å². The maximum atomic E-state index is 5.56. The van der Waals surface area contributed by atoms with E-state index in [9.17, 15) is 0 Å². The average molecular weight is 293 g/mol. The average Bonchev–Trinajstić information content (AvgIpc) is 2.35. The SMILES string of the molecule is CCCCCCCCCCCC[SiH2]O[SiH2]O[SiH3]. The summed E-state index contributed by atoms with van der Waals surface area (Å²) in [4.78, 5) is 0. The molecule has 0 bridgehead atoms. The predicted molar refractivity (Wildman–Crippen MR) is 85.8 cm³/mol. The summed E-state index contributed by atoms with van der Waals surface area (Å²) in [6.45, 7) is 2.28. The normalized spacial score (nSPS) is 12.5. The lowest BCUT2D eigenvalue weighted by Crippen LogP contribution is -2.06. The van der Waals surface area contributed by atoms with E-state index in [2.05, 4.69) is 6.92 Å². The third kappa shape index (κ3) is 16.6. The van der Waals surface area contributed by atoms with Gasteiger partial charge >= 0.3 is 0 Å². The summed E-state index contributed by atoms with van der Waals surface area (Å²) in [6.07, 6.45) is 14.3. The van der Waals surface area contributed by atoms with Crippen LogP contribution in [-0.2, 0) is 8.23 Å². The molecular weight excluding hydrogens is 260 g/mol. The summed E-state index contributed by atoms with van der Waals surface area (Å²) < 4.78 is 10.7. The molecule has 0 aliphatic rings. The van der Waals surface area contributed by atoms with E-state index in [0.717, 1.165) is 10.5 Å². The van der Waals surface area contributed by atoms with Gasteiger partial charge in [0, 0.05) is 0 Å². The summed E-state index contributed by atoms with van der Waals surface area (Å²) in [7, 11) is 0.162. The van der Waals surface area contributed by atoms with Gasteiger partial charge in [0.15, 0.2) is 0 Å². The van der Waals surface area contributed by atoms with Gasteiger partial charge in [0.25, 0.3) is 10.0 Å². The number of unbranched alkanes of at least 4 members (excludes halogenated alkanes) is 9. The van der Waals surface area contributed by atoms with Crippen LogP contribution in [0.4, 0.5) is 0 Å². The molecule has 0 aliphatic heterocycles. The second kappa shape index (κ2) is 16.6. The van der Waals surface area contributed by atoms with Crippen LogP contribution in [0.5, 0.6) is 0 Å². The fraction of sp³-hybridized carbons (Fsp3) is 1.00. The minimum atomic E-state index is -0.513. The van der Waals surface area contributed by atoms with Crippen LogP contribution in [0.15, 0.2) is 0 Å². The first-order chi connectivity index (χ1) is 8.41. The summed E-state index contributed by atoms with van der Waals surface area (Å²) >= 11 is 0. The molecule has 0 aromatic carbocycles. The van der Waals surface area contributed by atoms with Crippen molar-refractivity contribution in [2.75, 3.05) is 0 Å². The molecule has 0 aliphatic carbocycles. The van der Waals surface area contributed by atoms with E-state index in [-0.39, 0.29) is 9.76 Å². The Kier molecular flexibility index (Phi) is 17.1. The fourth-order valence-electron chi connectivity index (χ4n) is 2.01. The van der Waals surface area contributed by atoms with E-state index in [1.54, 1.807) is 0 Å². The Labute approximate surface area is 116 Å². The summed E-state index contributed by atoms with van der Waals surface area (Å²) in [5.41, 5.74) is 0. The summed E-state index contributed by atoms with van der Waals surface area (Å²) in [6, 6.07) is 1.37. The minimum Gasteiger partial charge on any atom is -0.449 e. The highest BCUT2D eigenvalue weighted by Gasteiger charge is 1.93. The lowest BCUT2D eigenvalue weighted by molar-refractivity contribution is 0.498. The van der Waals surface area contributed by atoms with Crippen LogP contribution >= 0.6 is 0 Å². The Morgan fingerprint density at radius 1 is 0.824 bits per heavy atom. The van der Waals surface area contributed by atoms with Crippen molar-refractivity contribution in [2.24, 2.45) is 0 Å². The van der Waals surface area contributed by atoms with Gasteiger partial charge < -0.3 is 8.23 Å². The van der Waals surface area contributed by atoms with Crippen molar-refractivity contribution in [1.82, 2.24) is 0 Å². The highest BCUT2D eigenvalue weighted by atomic mass is 28.3. The highest BCUT2D eigenvalue weighted by molar-refractivity contribution is 6.41. The molecule has 0 unspecified atom stereocenters. The zero-order valence-electron chi connectivity index (χ0n) is 12.0. The topological polar surface area (TPSA) is 18.5 Å². The van der Waals surface area contributed by atoms with Crippen molar-refractivity contribution in [3.05, 3.63) is 0 Å². The molecule has 0 heterocycles. The Bertz CT molecular complexity index is 123. The number of hydrogen-bond acceptors (Lipinski definition) is 2. The molecular formula is C12H32O2Si3. The molecule has 0 radical (unpaired) electrons. The largest absolute Gasteiger partial charge is 0.449 e. The van der Waals surface area contributed by atoms with Crippen LogP contribution in [0.25, 0.3) is 0 Å². The number of rotatable bonds is 14. The van der Waals surface area contributed by atoms with Crippen molar-refractivity contribution in [2.45, 2.75) is 77.2 Å². The van der Waals surface area contributed by atoms with E-state index >= 15 is 0 Å². The molecule has 0 aromatic heterocycles. The van der Waals surface area contributed by atoms with Gasteiger partial charge in [-0.25, -0.2) is 0 Å². The fourth-order valence-corrected chi connectivity index (χ4v) is 6.02. The van der Waals surface area contributed by atoms with Gasteiger partial charge in [0.2, 0.25) is 0 Å². The first-order valence-corrected chi connectivity index (χ1v) is 11.0. The third-order valence-electron chi connectivity index (χ3n) is 3.09. The van der Waals surface area contributed by atoms with E-state index in [4.69, 9.17) is 8.23 Å². The van der Waals surface area contributed by atoms with E-state index in [1.807, 2.05) is 0 Å². The Morgan fingerprint density at radius 3 is 1.88 bits per heavy atom.